The number of rotatable bonds is 7. The predicted octanol–water partition coefficient (Wildman–Crippen LogP) is 4.36. The third kappa shape index (κ3) is 5.19. The van der Waals surface area contributed by atoms with E-state index < -0.39 is 0 Å². The number of aliphatic hydroxyl groups excluding tert-OH is 1. The smallest absolute Gasteiger partial charge is 0.247 e. The molecule has 1 aliphatic rings. The summed E-state index contributed by atoms with van der Waals surface area (Å²) in [6.07, 6.45) is 2.89. The summed E-state index contributed by atoms with van der Waals surface area (Å²) < 4.78 is 5.54. The lowest BCUT2D eigenvalue weighted by Crippen LogP contribution is -2.44. The molecular formula is C28H27N5O3. The van der Waals surface area contributed by atoms with Crippen LogP contribution in [0.2, 0.25) is 0 Å². The van der Waals surface area contributed by atoms with Crippen molar-refractivity contribution in [1.29, 1.82) is 0 Å². The van der Waals surface area contributed by atoms with Crippen LogP contribution in [0.5, 0.6) is 0 Å². The number of aromatic nitrogens is 2. The number of hydrogen-bond donors (Lipinski definition) is 3. The summed E-state index contributed by atoms with van der Waals surface area (Å²) in [6, 6.07) is 21.6. The highest BCUT2D eigenvalue weighted by Gasteiger charge is 2.20. The summed E-state index contributed by atoms with van der Waals surface area (Å²) >= 11 is 0. The van der Waals surface area contributed by atoms with Crippen LogP contribution in [-0.2, 0) is 9.53 Å². The first-order valence-electron chi connectivity index (χ1n) is 11.8. The SMILES string of the molecule is C=CC(=O)Nc1cccc(-c2cccc3cnc(Nc4ccc(N5CCO[C@@H](CO)C5)cc4)nc23)c1. The number of ether oxygens (including phenoxy) is 1. The summed E-state index contributed by atoms with van der Waals surface area (Å²) in [6.45, 7) is 5.58. The maximum Gasteiger partial charge on any atom is 0.247 e. The molecule has 8 nitrogen and oxygen atoms in total. The van der Waals surface area contributed by atoms with Gasteiger partial charge in [0, 0.05) is 47.3 Å². The molecule has 0 unspecified atom stereocenters. The van der Waals surface area contributed by atoms with Crippen molar-refractivity contribution in [2.45, 2.75) is 6.10 Å². The van der Waals surface area contributed by atoms with Crippen molar-refractivity contribution in [2.75, 3.05) is 41.8 Å². The van der Waals surface area contributed by atoms with Gasteiger partial charge in [0.1, 0.15) is 0 Å². The highest BCUT2D eigenvalue weighted by Crippen LogP contribution is 2.30. The molecule has 0 spiro atoms. The summed E-state index contributed by atoms with van der Waals surface area (Å²) in [5.41, 5.74) is 5.32. The molecule has 3 aromatic carbocycles. The number of anilines is 4. The quantitative estimate of drug-likeness (QED) is 0.337. The Hall–Kier alpha value is -4.27. The molecule has 1 atom stereocenters. The number of fused-ring (bicyclic) bond motifs is 1. The highest BCUT2D eigenvalue weighted by atomic mass is 16.5. The number of nitrogens with one attached hydrogen (secondary N) is 2. The fraction of sp³-hybridized carbons (Fsp3) is 0.179. The number of hydrogen-bond acceptors (Lipinski definition) is 7. The van der Waals surface area contributed by atoms with Crippen LogP contribution in [0, 0.1) is 0 Å². The van der Waals surface area contributed by atoms with Gasteiger partial charge in [0.15, 0.2) is 0 Å². The molecule has 3 N–H and O–H groups in total. The van der Waals surface area contributed by atoms with Crippen molar-refractivity contribution < 1.29 is 14.6 Å². The average molecular weight is 482 g/mol. The Labute approximate surface area is 209 Å². The molecule has 1 saturated heterocycles. The van der Waals surface area contributed by atoms with E-state index in [1.54, 1.807) is 6.20 Å². The summed E-state index contributed by atoms with van der Waals surface area (Å²) in [7, 11) is 0. The van der Waals surface area contributed by atoms with Crippen LogP contribution >= 0.6 is 0 Å². The van der Waals surface area contributed by atoms with E-state index in [0.717, 1.165) is 39.9 Å². The predicted molar refractivity (Wildman–Crippen MR) is 143 cm³/mol. The van der Waals surface area contributed by atoms with E-state index in [-0.39, 0.29) is 18.6 Å². The van der Waals surface area contributed by atoms with Crippen LogP contribution in [-0.4, -0.2) is 53.4 Å². The monoisotopic (exact) mass is 481 g/mol. The molecule has 5 rings (SSSR count). The van der Waals surface area contributed by atoms with Crippen molar-refractivity contribution in [1.82, 2.24) is 9.97 Å². The zero-order valence-corrected chi connectivity index (χ0v) is 19.7. The number of carbonyl (C=O) groups excluding carboxylic acids is 1. The maximum atomic E-state index is 11.7. The first-order valence-corrected chi connectivity index (χ1v) is 11.8. The van der Waals surface area contributed by atoms with Crippen LogP contribution in [0.4, 0.5) is 23.0 Å². The zero-order valence-electron chi connectivity index (χ0n) is 19.7. The number of nitrogens with zero attached hydrogens (tertiary/aromatic N) is 3. The van der Waals surface area contributed by atoms with E-state index in [1.807, 2.05) is 66.7 Å². The zero-order chi connectivity index (χ0) is 24.9. The van der Waals surface area contributed by atoms with Crippen molar-refractivity contribution in [2.24, 2.45) is 0 Å². The van der Waals surface area contributed by atoms with Crippen LogP contribution in [0.25, 0.3) is 22.0 Å². The summed E-state index contributed by atoms with van der Waals surface area (Å²) in [5, 5.41) is 16.4. The normalized spacial score (nSPS) is 15.5. The first kappa shape index (κ1) is 23.5. The Morgan fingerprint density at radius 1 is 1.14 bits per heavy atom. The molecule has 1 aliphatic heterocycles. The van der Waals surface area contributed by atoms with E-state index in [9.17, 15) is 9.90 Å². The minimum absolute atomic E-state index is 0.0190. The summed E-state index contributed by atoms with van der Waals surface area (Å²) in [5.74, 6) is 0.234. The van der Waals surface area contributed by atoms with E-state index in [1.165, 1.54) is 6.08 Å². The lowest BCUT2D eigenvalue weighted by atomic mass is 10.0. The van der Waals surface area contributed by atoms with Gasteiger partial charge in [-0.05, 0) is 48.0 Å². The van der Waals surface area contributed by atoms with Crippen LogP contribution < -0.4 is 15.5 Å². The third-order valence-corrected chi connectivity index (χ3v) is 6.07. The molecule has 4 aromatic rings. The van der Waals surface area contributed by atoms with Gasteiger partial charge in [-0.15, -0.1) is 0 Å². The largest absolute Gasteiger partial charge is 0.394 e. The second-order valence-corrected chi connectivity index (χ2v) is 8.50. The van der Waals surface area contributed by atoms with Crippen molar-refractivity contribution >= 4 is 39.8 Å². The van der Waals surface area contributed by atoms with Crippen molar-refractivity contribution in [3.05, 3.63) is 85.6 Å². The number of aliphatic hydroxyl groups is 1. The molecule has 0 radical (unpaired) electrons. The van der Waals surface area contributed by atoms with Crippen molar-refractivity contribution in [3.8, 4) is 11.1 Å². The Kier molecular flexibility index (Phi) is 6.88. The van der Waals surface area contributed by atoms with E-state index >= 15 is 0 Å². The van der Waals surface area contributed by atoms with E-state index in [0.29, 0.717) is 24.8 Å². The number of morpholine rings is 1. The van der Waals surface area contributed by atoms with Gasteiger partial charge in [-0.2, -0.15) is 0 Å². The molecule has 8 heteroatoms. The minimum atomic E-state index is -0.258. The van der Waals surface area contributed by atoms with Gasteiger partial charge in [0.25, 0.3) is 0 Å². The topological polar surface area (TPSA) is 99.6 Å². The van der Waals surface area contributed by atoms with Crippen LogP contribution in [0.3, 0.4) is 0 Å². The summed E-state index contributed by atoms with van der Waals surface area (Å²) in [4.78, 5) is 23.2. The molecule has 1 fully saturated rings. The van der Waals surface area contributed by atoms with E-state index in [2.05, 4.69) is 27.1 Å². The molecule has 0 aliphatic carbocycles. The van der Waals surface area contributed by atoms with Gasteiger partial charge in [-0.3, -0.25) is 4.79 Å². The number of amides is 1. The fourth-order valence-corrected chi connectivity index (χ4v) is 4.26. The van der Waals surface area contributed by atoms with Crippen LogP contribution in [0.1, 0.15) is 0 Å². The van der Waals surface area contributed by atoms with Gasteiger partial charge >= 0.3 is 0 Å². The van der Waals surface area contributed by atoms with Gasteiger partial charge in [-0.1, -0.05) is 36.9 Å². The highest BCUT2D eigenvalue weighted by molar-refractivity contribution is 6.00. The Bertz CT molecular complexity index is 1390. The molecule has 1 amide bonds. The lowest BCUT2D eigenvalue weighted by Gasteiger charge is -2.33. The number of benzene rings is 3. The van der Waals surface area contributed by atoms with Gasteiger partial charge in [0.05, 0.1) is 24.8 Å². The molecule has 1 aromatic heterocycles. The Morgan fingerprint density at radius 2 is 1.97 bits per heavy atom. The van der Waals surface area contributed by atoms with Gasteiger partial charge in [-0.25, -0.2) is 9.97 Å². The number of para-hydroxylation sites is 1. The second-order valence-electron chi connectivity index (χ2n) is 8.50. The Morgan fingerprint density at radius 3 is 2.78 bits per heavy atom. The molecular weight excluding hydrogens is 454 g/mol. The first-order chi connectivity index (χ1) is 17.6. The molecule has 0 bridgehead atoms. The molecule has 2 heterocycles. The van der Waals surface area contributed by atoms with Crippen molar-refractivity contribution in [3.63, 3.8) is 0 Å². The lowest BCUT2D eigenvalue weighted by molar-refractivity contribution is -0.111. The van der Waals surface area contributed by atoms with E-state index in [4.69, 9.17) is 9.72 Å². The second kappa shape index (κ2) is 10.6. The fourth-order valence-electron chi connectivity index (χ4n) is 4.26. The maximum absolute atomic E-state index is 11.7. The van der Waals surface area contributed by atoms with Gasteiger partial charge < -0.3 is 25.4 Å². The van der Waals surface area contributed by atoms with Crippen LogP contribution in [0.15, 0.2) is 85.6 Å². The standard InChI is InChI=1S/C28H27N5O3/c1-2-26(35)30-22-7-3-5-19(15-22)25-8-4-6-20-16-29-28(32-27(20)25)31-21-9-11-23(12-10-21)33-13-14-36-24(17-33)18-34/h2-12,15-16,24,34H,1,13-14,17-18H2,(H,30,35)(H,29,31,32)/t24-/m1/s1. The van der Waals surface area contributed by atoms with Gasteiger partial charge in [0.2, 0.25) is 11.9 Å². The average Bonchev–Trinajstić information content (AvgIpc) is 2.93. The Balaban J connectivity index is 1.38. The third-order valence-electron chi connectivity index (χ3n) is 6.07. The minimum Gasteiger partial charge on any atom is -0.394 e. The number of carbonyl (C=O) groups is 1. The molecule has 36 heavy (non-hydrogen) atoms. The molecule has 182 valence electrons. The molecule has 0 saturated carbocycles.